The molecule has 1 heterocycles. The zero-order valence-electron chi connectivity index (χ0n) is 15.8. The molecule has 32 heavy (non-hydrogen) atoms. The van der Waals surface area contributed by atoms with E-state index in [1.54, 1.807) is 0 Å². The Hall–Kier alpha value is -3.22. The maximum Gasteiger partial charge on any atom is 0.419 e. The molecule has 0 radical (unpaired) electrons. The van der Waals surface area contributed by atoms with Gasteiger partial charge in [0.15, 0.2) is 22.3 Å². The molecule has 0 aliphatic rings. The highest BCUT2D eigenvalue weighted by molar-refractivity contribution is 7.16. The Morgan fingerprint density at radius 1 is 1.09 bits per heavy atom. The van der Waals surface area contributed by atoms with E-state index in [0.29, 0.717) is 23.5 Å². The second kappa shape index (κ2) is 8.37. The summed E-state index contributed by atoms with van der Waals surface area (Å²) in [5, 5.41) is 9.46. The lowest BCUT2D eigenvalue weighted by Gasteiger charge is -2.13. The van der Waals surface area contributed by atoms with Crippen LogP contribution in [0.1, 0.15) is 35.3 Å². The number of nitrogens with zero attached hydrogens (tertiary/aromatic N) is 2. The fourth-order valence-corrected chi connectivity index (χ4v) is 4.03. The number of thiazole rings is 1. The van der Waals surface area contributed by atoms with Crippen LogP contribution in [0.2, 0.25) is 0 Å². The van der Waals surface area contributed by atoms with Crippen molar-refractivity contribution in [3.63, 3.8) is 0 Å². The number of hydrogen-bond donors (Lipinski definition) is 1. The van der Waals surface area contributed by atoms with Crippen molar-refractivity contribution in [2.45, 2.75) is 25.6 Å². The quantitative estimate of drug-likeness (QED) is 0.420. The Morgan fingerprint density at radius 3 is 2.31 bits per heavy atom. The summed E-state index contributed by atoms with van der Waals surface area (Å²) in [6, 6.07) is 0.383. The van der Waals surface area contributed by atoms with Gasteiger partial charge in [-0.3, -0.25) is 4.79 Å². The van der Waals surface area contributed by atoms with Crippen molar-refractivity contribution in [2.75, 3.05) is 0 Å². The molecule has 1 aromatic heterocycles. The number of carboxylic acid groups (broad SMARTS) is 1. The standard InChI is InChI=1S/C19H11F7N2O3S/c1-2-11(17(30)31)28-12-6-10(21)13(22)14(23)15(12)32-18(28)27-16(29)7-3-4-9(20)8(5-7)19(24,25)26/h3-6,11H,2H2,1H3,(H,30,31). The summed E-state index contributed by atoms with van der Waals surface area (Å²) in [4.78, 5) is 27.1. The minimum atomic E-state index is -5.10. The van der Waals surface area contributed by atoms with Crippen molar-refractivity contribution in [2.24, 2.45) is 4.99 Å². The molecule has 1 N–H and O–H groups in total. The van der Waals surface area contributed by atoms with Gasteiger partial charge in [-0.2, -0.15) is 18.2 Å². The number of carbonyl (C=O) groups excluding carboxylic acids is 1. The topological polar surface area (TPSA) is 71.7 Å². The van der Waals surface area contributed by atoms with Crippen molar-refractivity contribution < 1.29 is 45.4 Å². The van der Waals surface area contributed by atoms with E-state index in [1.807, 2.05) is 0 Å². The number of carboxylic acids is 1. The Morgan fingerprint density at radius 2 is 1.75 bits per heavy atom. The van der Waals surface area contributed by atoms with Crippen LogP contribution in [0.4, 0.5) is 30.7 Å². The van der Waals surface area contributed by atoms with Crippen molar-refractivity contribution in [3.8, 4) is 0 Å². The van der Waals surface area contributed by atoms with Crippen LogP contribution in [-0.2, 0) is 11.0 Å². The molecule has 3 rings (SSSR count). The highest BCUT2D eigenvalue weighted by atomic mass is 32.1. The molecule has 0 aliphatic heterocycles. The molecular weight excluding hydrogens is 469 g/mol. The first kappa shape index (κ1) is 23.4. The molecule has 3 aromatic rings. The van der Waals surface area contributed by atoms with Crippen LogP contribution in [0.25, 0.3) is 10.2 Å². The number of carbonyl (C=O) groups is 2. The molecule has 0 fully saturated rings. The largest absolute Gasteiger partial charge is 0.480 e. The first-order valence-corrected chi connectivity index (χ1v) is 9.55. The maximum absolute atomic E-state index is 14.3. The third kappa shape index (κ3) is 4.11. The summed E-state index contributed by atoms with van der Waals surface area (Å²) in [7, 11) is 0. The predicted octanol–water partition coefficient (Wildman–Crippen LogP) is 5.05. The number of amides is 1. The summed E-state index contributed by atoms with van der Waals surface area (Å²) in [6.45, 7) is 1.41. The van der Waals surface area contributed by atoms with E-state index in [4.69, 9.17) is 0 Å². The zero-order chi connectivity index (χ0) is 24.0. The minimum absolute atomic E-state index is 0.141. The smallest absolute Gasteiger partial charge is 0.419 e. The summed E-state index contributed by atoms with van der Waals surface area (Å²) in [5.41, 5.74) is -2.83. The van der Waals surface area contributed by atoms with E-state index in [2.05, 4.69) is 4.99 Å². The Kier molecular flexibility index (Phi) is 6.13. The average molecular weight is 480 g/mol. The fraction of sp³-hybridized carbons (Fsp3) is 0.211. The highest BCUT2D eigenvalue weighted by Gasteiger charge is 2.35. The molecular formula is C19H11F7N2O3S. The third-order valence-corrected chi connectivity index (χ3v) is 5.52. The van der Waals surface area contributed by atoms with Gasteiger partial charge in [-0.05, 0) is 24.6 Å². The fourth-order valence-electron chi connectivity index (χ4n) is 2.96. The molecule has 1 amide bonds. The predicted molar refractivity (Wildman–Crippen MR) is 97.9 cm³/mol. The van der Waals surface area contributed by atoms with E-state index in [1.165, 1.54) is 6.92 Å². The number of halogens is 7. The number of hydrogen-bond acceptors (Lipinski definition) is 3. The lowest BCUT2D eigenvalue weighted by molar-refractivity contribution is -0.141. The molecule has 1 atom stereocenters. The monoisotopic (exact) mass is 480 g/mol. The normalized spacial score (nSPS) is 13.6. The summed E-state index contributed by atoms with van der Waals surface area (Å²) in [6.07, 6.45) is -5.25. The number of rotatable bonds is 4. The second-order valence-electron chi connectivity index (χ2n) is 6.46. The molecule has 0 spiro atoms. The first-order valence-electron chi connectivity index (χ1n) is 8.74. The van der Waals surface area contributed by atoms with Gasteiger partial charge in [-0.1, -0.05) is 18.3 Å². The molecule has 1 unspecified atom stereocenters. The highest BCUT2D eigenvalue weighted by Crippen LogP contribution is 2.32. The van der Waals surface area contributed by atoms with Crippen LogP contribution >= 0.6 is 11.3 Å². The van der Waals surface area contributed by atoms with Crippen LogP contribution in [0.15, 0.2) is 29.3 Å². The lowest BCUT2D eigenvalue weighted by Crippen LogP contribution is -2.27. The molecule has 5 nitrogen and oxygen atoms in total. The van der Waals surface area contributed by atoms with E-state index in [0.717, 1.165) is 10.6 Å². The van der Waals surface area contributed by atoms with Crippen LogP contribution in [0, 0.1) is 23.3 Å². The van der Waals surface area contributed by atoms with Crippen LogP contribution < -0.4 is 4.80 Å². The SMILES string of the molecule is CCC(C(=O)O)n1c(=NC(=O)c2ccc(F)c(C(F)(F)F)c2)sc2c(F)c(F)c(F)cc21. The Bertz CT molecular complexity index is 1310. The number of benzene rings is 2. The summed E-state index contributed by atoms with van der Waals surface area (Å²) < 4.78 is 94.2. The summed E-state index contributed by atoms with van der Waals surface area (Å²) in [5.74, 6) is -9.52. The molecule has 0 saturated carbocycles. The summed E-state index contributed by atoms with van der Waals surface area (Å²) >= 11 is 0.305. The van der Waals surface area contributed by atoms with Gasteiger partial charge in [0.1, 0.15) is 11.9 Å². The van der Waals surface area contributed by atoms with Gasteiger partial charge in [-0.25, -0.2) is 22.4 Å². The van der Waals surface area contributed by atoms with Gasteiger partial charge >= 0.3 is 12.1 Å². The van der Waals surface area contributed by atoms with E-state index in [-0.39, 0.29) is 12.5 Å². The molecule has 2 aromatic carbocycles. The van der Waals surface area contributed by atoms with Crippen molar-refractivity contribution >= 4 is 33.4 Å². The number of aliphatic carboxylic acids is 1. The van der Waals surface area contributed by atoms with Gasteiger partial charge < -0.3 is 9.67 Å². The number of aromatic nitrogens is 1. The number of fused-ring (bicyclic) bond motifs is 1. The van der Waals surface area contributed by atoms with Gasteiger partial charge in [0, 0.05) is 11.6 Å². The molecule has 0 saturated heterocycles. The van der Waals surface area contributed by atoms with Crippen molar-refractivity contribution in [1.82, 2.24) is 4.57 Å². The Labute approximate surface area is 178 Å². The van der Waals surface area contributed by atoms with Gasteiger partial charge in [0.05, 0.1) is 15.8 Å². The van der Waals surface area contributed by atoms with Gasteiger partial charge in [0.25, 0.3) is 5.91 Å². The first-order chi connectivity index (χ1) is 14.9. The molecule has 0 bridgehead atoms. The van der Waals surface area contributed by atoms with E-state index < -0.39 is 73.5 Å². The molecule has 13 heteroatoms. The van der Waals surface area contributed by atoms with Crippen LogP contribution in [0.5, 0.6) is 0 Å². The van der Waals surface area contributed by atoms with Gasteiger partial charge in [-0.15, -0.1) is 0 Å². The Balaban J connectivity index is 2.29. The third-order valence-electron chi connectivity index (χ3n) is 4.46. The maximum atomic E-state index is 14.3. The molecule has 0 aliphatic carbocycles. The van der Waals surface area contributed by atoms with Gasteiger partial charge in [0.2, 0.25) is 0 Å². The van der Waals surface area contributed by atoms with Crippen molar-refractivity contribution in [1.29, 1.82) is 0 Å². The minimum Gasteiger partial charge on any atom is -0.480 e. The number of alkyl halides is 3. The average Bonchev–Trinajstić information content (AvgIpc) is 3.04. The van der Waals surface area contributed by atoms with E-state index >= 15 is 0 Å². The zero-order valence-corrected chi connectivity index (χ0v) is 16.6. The molecule has 170 valence electrons. The van der Waals surface area contributed by atoms with Crippen LogP contribution in [0.3, 0.4) is 0 Å². The lowest BCUT2D eigenvalue weighted by atomic mass is 10.1. The van der Waals surface area contributed by atoms with Crippen molar-refractivity contribution in [3.05, 3.63) is 63.5 Å². The van der Waals surface area contributed by atoms with E-state index in [9.17, 15) is 45.4 Å². The van der Waals surface area contributed by atoms with Crippen LogP contribution in [-0.4, -0.2) is 21.6 Å². The second-order valence-corrected chi connectivity index (χ2v) is 7.44.